The number of methoxy groups -OCH3 is 1. The molecule has 0 aromatic heterocycles. The van der Waals surface area contributed by atoms with E-state index in [0.29, 0.717) is 21.4 Å². The molecule has 0 unspecified atom stereocenters. The predicted octanol–water partition coefficient (Wildman–Crippen LogP) is 4.42. The van der Waals surface area contributed by atoms with Gasteiger partial charge in [-0.25, -0.2) is 4.79 Å². The number of halogens is 2. The molecule has 0 aliphatic heterocycles. The molecule has 4 nitrogen and oxygen atoms in total. The Labute approximate surface area is 138 Å². The van der Waals surface area contributed by atoms with E-state index in [1.165, 1.54) is 7.11 Å². The first-order valence-corrected chi connectivity index (χ1v) is 7.19. The van der Waals surface area contributed by atoms with Crippen molar-refractivity contribution in [2.45, 2.75) is 13.2 Å². The molecular formula is C16H14Cl2O4. The summed E-state index contributed by atoms with van der Waals surface area (Å²) in [6.07, 6.45) is 0. The Kier molecular flexibility index (Phi) is 5.66. The maximum Gasteiger partial charge on any atom is 0.339 e. The minimum atomic E-state index is -1.06. The second kappa shape index (κ2) is 7.49. The molecule has 0 radical (unpaired) electrons. The molecule has 0 bridgehead atoms. The van der Waals surface area contributed by atoms with Crippen LogP contribution in [0.4, 0.5) is 0 Å². The van der Waals surface area contributed by atoms with Crippen molar-refractivity contribution in [3.8, 4) is 5.75 Å². The summed E-state index contributed by atoms with van der Waals surface area (Å²) in [4.78, 5) is 11.4. The first-order valence-electron chi connectivity index (χ1n) is 6.43. The number of hydrogen-bond donors (Lipinski definition) is 1. The molecule has 2 aromatic carbocycles. The van der Waals surface area contributed by atoms with E-state index < -0.39 is 5.97 Å². The number of rotatable bonds is 6. The molecule has 2 rings (SSSR count). The van der Waals surface area contributed by atoms with E-state index in [-0.39, 0.29) is 18.8 Å². The summed E-state index contributed by atoms with van der Waals surface area (Å²) in [6.45, 7) is 0.393. The van der Waals surface area contributed by atoms with Gasteiger partial charge in [-0.3, -0.25) is 0 Å². The Bertz CT molecular complexity index is 686. The minimum absolute atomic E-state index is 0.104. The lowest BCUT2D eigenvalue weighted by Gasteiger charge is -2.11. The summed E-state index contributed by atoms with van der Waals surface area (Å²) in [5.74, 6) is -0.751. The van der Waals surface area contributed by atoms with Crippen molar-refractivity contribution in [1.29, 1.82) is 0 Å². The van der Waals surface area contributed by atoms with Gasteiger partial charge in [0.05, 0.1) is 20.3 Å². The number of aromatic carboxylic acids is 1. The summed E-state index contributed by atoms with van der Waals surface area (Å²) in [5.41, 5.74) is 1.43. The minimum Gasteiger partial charge on any atom is -0.496 e. The third-order valence-electron chi connectivity index (χ3n) is 3.08. The van der Waals surface area contributed by atoms with Gasteiger partial charge in [-0.15, -0.1) is 0 Å². The van der Waals surface area contributed by atoms with Gasteiger partial charge in [0.15, 0.2) is 0 Å². The quantitative estimate of drug-likeness (QED) is 0.845. The number of ether oxygens (including phenoxy) is 2. The molecule has 2 aromatic rings. The van der Waals surface area contributed by atoms with E-state index in [4.69, 9.17) is 32.7 Å². The highest BCUT2D eigenvalue weighted by atomic mass is 35.5. The van der Waals surface area contributed by atoms with Gasteiger partial charge in [0.25, 0.3) is 0 Å². The van der Waals surface area contributed by atoms with Crippen molar-refractivity contribution in [3.63, 3.8) is 0 Å². The van der Waals surface area contributed by atoms with Gasteiger partial charge in [0, 0.05) is 10.0 Å². The lowest BCUT2D eigenvalue weighted by molar-refractivity contribution is 0.0680. The Morgan fingerprint density at radius 1 is 1.14 bits per heavy atom. The van der Waals surface area contributed by atoms with Crippen molar-refractivity contribution < 1.29 is 19.4 Å². The second-order valence-electron chi connectivity index (χ2n) is 4.53. The van der Waals surface area contributed by atoms with Crippen molar-refractivity contribution in [3.05, 3.63) is 63.1 Å². The normalized spacial score (nSPS) is 10.5. The summed E-state index contributed by atoms with van der Waals surface area (Å²) in [6, 6.07) is 10.1. The topological polar surface area (TPSA) is 55.8 Å². The van der Waals surface area contributed by atoms with Gasteiger partial charge >= 0.3 is 5.97 Å². The summed E-state index contributed by atoms with van der Waals surface area (Å²) >= 11 is 11.9. The SMILES string of the molecule is COc1cccc(COCc2ccc(Cl)cc2Cl)c1C(=O)O. The van der Waals surface area contributed by atoms with E-state index in [1.807, 2.05) is 0 Å². The first kappa shape index (κ1) is 16.6. The monoisotopic (exact) mass is 340 g/mol. The van der Waals surface area contributed by atoms with Crippen LogP contribution in [0.3, 0.4) is 0 Å². The van der Waals surface area contributed by atoms with Crippen molar-refractivity contribution in [2.24, 2.45) is 0 Å². The van der Waals surface area contributed by atoms with Crippen LogP contribution in [-0.2, 0) is 18.0 Å². The highest BCUT2D eigenvalue weighted by Gasteiger charge is 2.16. The van der Waals surface area contributed by atoms with E-state index in [2.05, 4.69) is 0 Å². The van der Waals surface area contributed by atoms with Crippen LogP contribution in [0.1, 0.15) is 21.5 Å². The Morgan fingerprint density at radius 3 is 2.50 bits per heavy atom. The molecular weight excluding hydrogens is 327 g/mol. The van der Waals surface area contributed by atoms with Gasteiger partial charge in [-0.2, -0.15) is 0 Å². The maximum absolute atomic E-state index is 11.4. The largest absolute Gasteiger partial charge is 0.496 e. The summed E-state index contributed by atoms with van der Waals surface area (Å²) < 4.78 is 10.6. The van der Waals surface area contributed by atoms with Crippen LogP contribution >= 0.6 is 23.2 Å². The number of carbonyl (C=O) groups is 1. The fourth-order valence-electron chi connectivity index (χ4n) is 2.02. The van der Waals surface area contributed by atoms with Crippen LogP contribution in [0.2, 0.25) is 10.0 Å². The third-order valence-corrected chi connectivity index (χ3v) is 3.66. The van der Waals surface area contributed by atoms with Gasteiger partial charge < -0.3 is 14.6 Å². The fourth-order valence-corrected chi connectivity index (χ4v) is 2.48. The van der Waals surface area contributed by atoms with Crippen LogP contribution in [0.25, 0.3) is 0 Å². The predicted molar refractivity (Wildman–Crippen MR) is 84.9 cm³/mol. The van der Waals surface area contributed by atoms with Crippen LogP contribution in [0.5, 0.6) is 5.75 Å². The molecule has 0 saturated heterocycles. The first-order chi connectivity index (χ1) is 10.5. The molecule has 0 amide bonds. The Balaban J connectivity index is 2.10. The zero-order valence-electron chi connectivity index (χ0n) is 11.8. The summed E-state index contributed by atoms with van der Waals surface area (Å²) in [7, 11) is 1.43. The molecule has 0 aliphatic carbocycles. The van der Waals surface area contributed by atoms with Gasteiger partial charge in [-0.05, 0) is 29.3 Å². The lowest BCUT2D eigenvalue weighted by atomic mass is 10.1. The molecule has 0 heterocycles. The Morgan fingerprint density at radius 2 is 1.86 bits per heavy atom. The average Bonchev–Trinajstić information content (AvgIpc) is 2.48. The highest BCUT2D eigenvalue weighted by molar-refractivity contribution is 6.35. The van der Waals surface area contributed by atoms with E-state index in [0.717, 1.165) is 5.56 Å². The Hall–Kier alpha value is -1.75. The molecule has 0 fully saturated rings. The zero-order chi connectivity index (χ0) is 16.1. The summed E-state index contributed by atoms with van der Waals surface area (Å²) in [5, 5.41) is 10.4. The average molecular weight is 341 g/mol. The van der Waals surface area contributed by atoms with Gasteiger partial charge in [0.1, 0.15) is 11.3 Å². The van der Waals surface area contributed by atoms with E-state index >= 15 is 0 Å². The molecule has 6 heteroatoms. The van der Waals surface area contributed by atoms with Crippen molar-refractivity contribution in [2.75, 3.05) is 7.11 Å². The van der Waals surface area contributed by atoms with E-state index in [1.54, 1.807) is 36.4 Å². The smallest absolute Gasteiger partial charge is 0.339 e. The van der Waals surface area contributed by atoms with Gasteiger partial charge in [0.2, 0.25) is 0 Å². The number of carboxylic acids is 1. The van der Waals surface area contributed by atoms with Gasteiger partial charge in [-0.1, -0.05) is 41.4 Å². The molecule has 0 spiro atoms. The van der Waals surface area contributed by atoms with Crippen molar-refractivity contribution >= 4 is 29.2 Å². The number of benzene rings is 2. The fraction of sp³-hybridized carbons (Fsp3) is 0.188. The second-order valence-corrected chi connectivity index (χ2v) is 5.37. The van der Waals surface area contributed by atoms with Crippen LogP contribution in [0.15, 0.2) is 36.4 Å². The third kappa shape index (κ3) is 3.91. The van der Waals surface area contributed by atoms with Crippen LogP contribution in [-0.4, -0.2) is 18.2 Å². The zero-order valence-corrected chi connectivity index (χ0v) is 13.3. The maximum atomic E-state index is 11.4. The molecule has 0 saturated carbocycles. The number of carboxylic acid groups (broad SMARTS) is 1. The molecule has 0 atom stereocenters. The molecule has 22 heavy (non-hydrogen) atoms. The molecule has 1 N–H and O–H groups in total. The van der Waals surface area contributed by atoms with Crippen LogP contribution in [0, 0.1) is 0 Å². The highest BCUT2D eigenvalue weighted by Crippen LogP contribution is 2.25. The van der Waals surface area contributed by atoms with E-state index in [9.17, 15) is 9.90 Å². The molecule has 0 aliphatic rings. The van der Waals surface area contributed by atoms with Crippen LogP contribution < -0.4 is 4.74 Å². The van der Waals surface area contributed by atoms with Crippen molar-refractivity contribution in [1.82, 2.24) is 0 Å². The standard InChI is InChI=1S/C16H14Cl2O4/c1-21-14-4-2-3-11(15(14)16(19)20)9-22-8-10-5-6-12(17)7-13(10)18/h2-7H,8-9H2,1H3,(H,19,20). The number of hydrogen-bond acceptors (Lipinski definition) is 3. The lowest BCUT2D eigenvalue weighted by Crippen LogP contribution is -2.07. The molecule has 116 valence electrons.